The summed E-state index contributed by atoms with van der Waals surface area (Å²) in [5.41, 5.74) is 5.31. The highest BCUT2D eigenvalue weighted by Crippen LogP contribution is 2.39. The predicted octanol–water partition coefficient (Wildman–Crippen LogP) is 6.20. The summed E-state index contributed by atoms with van der Waals surface area (Å²) in [4.78, 5) is 2.08. The number of methoxy groups -OCH3 is 1. The summed E-state index contributed by atoms with van der Waals surface area (Å²) in [7, 11) is 5.69. The molecule has 0 aliphatic rings. The Kier molecular flexibility index (Phi) is 9.00. The van der Waals surface area contributed by atoms with Crippen LogP contribution in [0.15, 0.2) is 66.7 Å². The van der Waals surface area contributed by atoms with Gasteiger partial charge in [-0.3, -0.25) is 0 Å². The quantitative estimate of drug-likeness (QED) is 0.333. The second kappa shape index (κ2) is 12.1. The molecule has 0 spiro atoms. The Balaban J connectivity index is 2.19. The number of rotatable bonds is 11. The van der Waals surface area contributed by atoms with Gasteiger partial charge in [-0.2, -0.15) is 0 Å². The number of aromatic hydroxyl groups is 2. The van der Waals surface area contributed by atoms with E-state index in [9.17, 15) is 10.2 Å². The van der Waals surface area contributed by atoms with Gasteiger partial charge in [-0.25, -0.2) is 0 Å². The second-order valence-electron chi connectivity index (χ2n) is 8.57. The van der Waals surface area contributed by atoms with Gasteiger partial charge in [-0.15, -0.1) is 0 Å². The number of phenols is 2. The predicted molar refractivity (Wildman–Crippen MR) is 139 cm³/mol. The number of likely N-dealkylation sites (N-methyl/N-ethyl adjacent to an activating group) is 1. The molecule has 5 nitrogen and oxygen atoms in total. The molecular formula is C29H35NO4. The van der Waals surface area contributed by atoms with Crippen LogP contribution >= 0.6 is 0 Å². The summed E-state index contributed by atoms with van der Waals surface area (Å²) in [6.07, 6.45) is 2.96. The number of allylic oxidation sites excluding steroid dienone is 1. The molecule has 0 atom stereocenters. The first-order chi connectivity index (χ1) is 16.4. The summed E-state index contributed by atoms with van der Waals surface area (Å²) in [6, 6.07) is 20.6. The Morgan fingerprint density at radius 2 is 1.35 bits per heavy atom. The molecule has 34 heavy (non-hydrogen) atoms. The minimum atomic E-state index is 0.227. The topological polar surface area (TPSA) is 62.2 Å². The smallest absolute Gasteiger partial charge is 0.161 e. The first-order valence-corrected chi connectivity index (χ1v) is 11.7. The molecule has 0 aliphatic carbocycles. The van der Waals surface area contributed by atoms with Crippen molar-refractivity contribution in [2.45, 2.75) is 26.2 Å². The van der Waals surface area contributed by atoms with Gasteiger partial charge in [0.25, 0.3) is 0 Å². The Morgan fingerprint density at radius 3 is 1.85 bits per heavy atom. The fraction of sp³-hybridized carbons (Fsp3) is 0.310. The molecule has 0 aromatic heterocycles. The van der Waals surface area contributed by atoms with E-state index in [1.54, 1.807) is 31.4 Å². The average molecular weight is 462 g/mol. The minimum Gasteiger partial charge on any atom is -0.508 e. The molecule has 0 radical (unpaired) electrons. The van der Waals surface area contributed by atoms with Gasteiger partial charge < -0.3 is 24.6 Å². The lowest BCUT2D eigenvalue weighted by atomic mass is 9.87. The lowest BCUT2D eigenvalue weighted by Crippen LogP contribution is -2.19. The van der Waals surface area contributed by atoms with E-state index in [4.69, 9.17) is 9.47 Å². The molecule has 0 amide bonds. The van der Waals surface area contributed by atoms with Crippen LogP contribution in [0.3, 0.4) is 0 Å². The van der Waals surface area contributed by atoms with Crippen molar-refractivity contribution in [1.29, 1.82) is 0 Å². The van der Waals surface area contributed by atoms with Crippen LogP contribution in [0.1, 0.15) is 42.9 Å². The van der Waals surface area contributed by atoms with Gasteiger partial charge in [0.15, 0.2) is 11.5 Å². The van der Waals surface area contributed by atoms with Gasteiger partial charge in [0.05, 0.1) is 7.11 Å². The zero-order valence-electron chi connectivity index (χ0n) is 20.5. The number of ether oxygens (including phenoxy) is 2. The lowest BCUT2D eigenvalue weighted by molar-refractivity contribution is 0.250. The van der Waals surface area contributed by atoms with Gasteiger partial charge in [-0.1, -0.05) is 43.7 Å². The van der Waals surface area contributed by atoms with Crippen LogP contribution in [0.5, 0.6) is 23.0 Å². The third-order valence-corrected chi connectivity index (χ3v) is 5.70. The maximum Gasteiger partial charge on any atom is 0.161 e. The van der Waals surface area contributed by atoms with E-state index in [2.05, 4.69) is 24.0 Å². The standard InChI is InChI=1S/C29H35NO4/c1-5-6-7-26(23-12-17-27(33-4)28(20-23)34-19-18-30(2)3)29(21-8-13-24(31)14-9-21)22-10-15-25(32)16-11-22/h8-17,20,31-32H,5-7,18-19H2,1-4H3. The number of hydrogen-bond donors (Lipinski definition) is 2. The molecule has 0 unspecified atom stereocenters. The van der Waals surface area contributed by atoms with Gasteiger partial charge in [-0.05, 0) is 91.2 Å². The van der Waals surface area contributed by atoms with E-state index in [-0.39, 0.29) is 11.5 Å². The van der Waals surface area contributed by atoms with Crippen LogP contribution < -0.4 is 9.47 Å². The van der Waals surface area contributed by atoms with Crippen molar-refractivity contribution in [3.05, 3.63) is 83.4 Å². The fourth-order valence-electron chi connectivity index (χ4n) is 3.85. The maximum atomic E-state index is 9.87. The van der Waals surface area contributed by atoms with Crippen molar-refractivity contribution < 1.29 is 19.7 Å². The minimum absolute atomic E-state index is 0.227. The van der Waals surface area contributed by atoms with Crippen molar-refractivity contribution in [2.75, 3.05) is 34.4 Å². The summed E-state index contributed by atoms with van der Waals surface area (Å²) in [5, 5.41) is 19.7. The number of benzene rings is 3. The third kappa shape index (κ3) is 6.55. The van der Waals surface area contributed by atoms with Gasteiger partial charge in [0, 0.05) is 6.54 Å². The van der Waals surface area contributed by atoms with Crippen LogP contribution in [0.25, 0.3) is 11.1 Å². The Bertz CT molecular complexity index is 1040. The molecule has 180 valence electrons. The molecule has 5 heteroatoms. The second-order valence-corrected chi connectivity index (χ2v) is 8.57. The number of unbranched alkanes of at least 4 members (excludes halogenated alkanes) is 1. The normalized spacial score (nSPS) is 10.9. The van der Waals surface area contributed by atoms with E-state index in [1.165, 1.54) is 5.57 Å². The Morgan fingerprint density at radius 1 is 0.794 bits per heavy atom. The summed E-state index contributed by atoms with van der Waals surface area (Å²) < 4.78 is 11.7. The third-order valence-electron chi connectivity index (χ3n) is 5.70. The summed E-state index contributed by atoms with van der Waals surface area (Å²) in [6.45, 7) is 3.55. The number of phenolic OH excluding ortho intramolecular Hbond substituents is 2. The first-order valence-electron chi connectivity index (χ1n) is 11.7. The molecular weight excluding hydrogens is 426 g/mol. The molecule has 0 aliphatic heterocycles. The molecule has 3 rings (SSSR count). The number of nitrogens with zero attached hydrogens (tertiary/aromatic N) is 1. The average Bonchev–Trinajstić information content (AvgIpc) is 2.83. The zero-order chi connectivity index (χ0) is 24.5. The molecule has 0 saturated heterocycles. The van der Waals surface area contributed by atoms with E-state index >= 15 is 0 Å². The van der Waals surface area contributed by atoms with Crippen molar-refractivity contribution >= 4 is 11.1 Å². The van der Waals surface area contributed by atoms with Crippen molar-refractivity contribution in [2.24, 2.45) is 0 Å². The number of hydrogen-bond acceptors (Lipinski definition) is 5. The largest absolute Gasteiger partial charge is 0.508 e. The van der Waals surface area contributed by atoms with Crippen LogP contribution in [0.2, 0.25) is 0 Å². The van der Waals surface area contributed by atoms with Crippen molar-refractivity contribution in [3.63, 3.8) is 0 Å². The van der Waals surface area contributed by atoms with E-state index < -0.39 is 0 Å². The van der Waals surface area contributed by atoms with Crippen molar-refractivity contribution in [1.82, 2.24) is 4.90 Å². The molecule has 0 bridgehead atoms. The maximum absolute atomic E-state index is 9.87. The van der Waals surface area contributed by atoms with E-state index in [0.29, 0.717) is 18.1 Å². The molecule has 0 fully saturated rings. The highest BCUT2D eigenvalue weighted by molar-refractivity contribution is 5.99. The van der Waals surface area contributed by atoms with E-state index in [1.807, 2.05) is 44.4 Å². The SMILES string of the molecule is CCCCC(=C(c1ccc(O)cc1)c1ccc(O)cc1)c1ccc(OC)c(OCCN(C)C)c1. The Hall–Kier alpha value is -3.44. The highest BCUT2D eigenvalue weighted by atomic mass is 16.5. The van der Waals surface area contributed by atoms with Crippen molar-refractivity contribution in [3.8, 4) is 23.0 Å². The summed E-state index contributed by atoms with van der Waals surface area (Å²) >= 11 is 0. The zero-order valence-corrected chi connectivity index (χ0v) is 20.5. The first kappa shape index (κ1) is 25.2. The molecule has 3 aromatic rings. The lowest BCUT2D eigenvalue weighted by Gasteiger charge is -2.20. The molecule has 2 N–H and O–H groups in total. The fourth-order valence-corrected chi connectivity index (χ4v) is 3.85. The van der Waals surface area contributed by atoms with Gasteiger partial charge in [0.2, 0.25) is 0 Å². The van der Waals surface area contributed by atoms with Crippen LogP contribution in [-0.4, -0.2) is 49.5 Å². The van der Waals surface area contributed by atoms with E-state index in [0.717, 1.165) is 48.1 Å². The van der Waals surface area contributed by atoms with Crippen LogP contribution in [0, 0.1) is 0 Å². The molecule has 0 saturated carbocycles. The van der Waals surface area contributed by atoms with Crippen LogP contribution in [-0.2, 0) is 0 Å². The highest BCUT2D eigenvalue weighted by Gasteiger charge is 2.17. The molecule has 3 aromatic carbocycles. The Labute approximate surface area is 202 Å². The van der Waals surface area contributed by atoms with Gasteiger partial charge >= 0.3 is 0 Å². The van der Waals surface area contributed by atoms with Crippen LogP contribution in [0.4, 0.5) is 0 Å². The molecule has 0 heterocycles. The monoisotopic (exact) mass is 461 g/mol. The summed E-state index contributed by atoms with van der Waals surface area (Å²) in [5.74, 6) is 1.87. The van der Waals surface area contributed by atoms with Gasteiger partial charge in [0.1, 0.15) is 18.1 Å².